The smallest absolute Gasteiger partial charge is 0.223 e. The molecule has 2 fully saturated rings. The molecule has 3 N–H and O–H groups in total. The molecule has 3 nitrogen and oxygen atoms in total. The minimum Gasteiger partial charge on any atom is -0.349 e. The first kappa shape index (κ1) is 12.9. The molecule has 0 radical (unpaired) electrons. The minimum absolute atomic E-state index is 0.104. The second-order valence-electron chi connectivity index (χ2n) is 6.28. The van der Waals surface area contributed by atoms with Crippen LogP contribution in [0, 0.1) is 17.8 Å². The molecule has 98 valence electrons. The summed E-state index contributed by atoms with van der Waals surface area (Å²) >= 11 is 0. The van der Waals surface area contributed by atoms with Crippen molar-refractivity contribution >= 4 is 5.91 Å². The van der Waals surface area contributed by atoms with Crippen LogP contribution in [0.15, 0.2) is 0 Å². The van der Waals surface area contributed by atoms with Crippen molar-refractivity contribution < 1.29 is 4.79 Å². The molecule has 2 aliphatic carbocycles. The van der Waals surface area contributed by atoms with Crippen molar-refractivity contribution in [2.75, 3.05) is 6.54 Å². The fourth-order valence-electron chi connectivity index (χ4n) is 2.88. The molecule has 1 atom stereocenters. The third-order valence-corrected chi connectivity index (χ3v) is 4.75. The Morgan fingerprint density at radius 1 is 1.35 bits per heavy atom. The highest BCUT2D eigenvalue weighted by Gasteiger charge is 2.38. The minimum atomic E-state index is -0.104. The van der Waals surface area contributed by atoms with Gasteiger partial charge in [0.1, 0.15) is 0 Å². The lowest BCUT2D eigenvalue weighted by Gasteiger charge is -2.40. The van der Waals surface area contributed by atoms with Crippen molar-refractivity contribution in [1.29, 1.82) is 0 Å². The van der Waals surface area contributed by atoms with Crippen molar-refractivity contribution in [2.45, 2.75) is 57.9 Å². The molecule has 0 saturated heterocycles. The zero-order valence-corrected chi connectivity index (χ0v) is 11.2. The van der Waals surface area contributed by atoms with Gasteiger partial charge >= 0.3 is 0 Å². The van der Waals surface area contributed by atoms with Crippen LogP contribution in [-0.2, 0) is 4.79 Å². The van der Waals surface area contributed by atoms with E-state index in [-0.39, 0.29) is 17.4 Å². The monoisotopic (exact) mass is 238 g/mol. The molecular weight excluding hydrogens is 212 g/mol. The number of hydrogen-bond acceptors (Lipinski definition) is 2. The van der Waals surface area contributed by atoms with Crippen LogP contribution in [0.25, 0.3) is 0 Å². The Morgan fingerprint density at radius 2 is 1.94 bits per heavy atom. The average Bonchev–Trinajstić information content (AvgIpc) is 3.15. The highest BCUT2D eigenvalue weighted by molar-refractivity contribution is 5.79. The summed E-state index contributed by atoms with van der Waals surface area (Å²) in [6.07, 6.45) is 6.93. The van der Waals surface area contributed by atoms with E-state index < -0.39 is 0 Å². The summed E-state index contributed by atoms with van der Waals surface area (Å²) in [5.41, 5.74) is 5.80. The number of nitrogens with two attached hydrogens (primary N) is 1. The normalized spacial score (nSPS) is 35.4. The van der Waals surface area contributed by atoms with Crippen molar-refractivity contribution in [2.24, 2.45) is 23.5 Å². The molecule has 0 aliphatic heterocycles. The fourth-order valence-corrected chi connectivity index (χ4v) is 2.88. The lowest BCUT2D eigenvalue weighted by molar-refractivity contribution is -0.127. The Morgan fingerprint density at radius 3 is 2.41 bits per heavy atom. The second kappa shape index (κ2) is 4.97. The van der Waals surface area contributed by atoms with Crippen molar-refractivity contribution in [3.63, 3.8) is 0 Å². The van der Waals surface area contributed by atoms with E-state index in [1.807, 2.05) is 0 Å². The van der Waals surface area contributed by atoms with Gasteiger partial charge in [-0.1, -0.05) is 13.8 Å². The Bertz CT molecular complexity index is 278. The Balaban J connectivity index is 1.91. The van der Waals surface area contributed by atoms with Crippen LogP contribution >= 0.6 is 0 Å². The van der Waals surface area contributed by atoms with Gasteiger partial charge in [0, 0.05) is 12.5 Å². The van der Waals surface area contributed by atoms with Gasteiger partial charge in [-0.05, 0) is 50.4 Å². The number of carbonyl (C=O) groups excluding carboxylic acids is 1. The zero-order chi connectivity index (χ0) is 12.5. The molecule has 1 unspecified atom stereocenters. The van der Waals surface area contributed by atoms with E-state index in [1.54, 1.807) is 0 Å². The summed E-state index contributed by atoms with van der Waals surface area (Å²) in [7, 11) is 0. The molecule has 2 aliphatic rings. The van der Waals surface area contributed by atoms with E-state index in [0.717, 1.165) is 18.8 Å². The van der Waals surface area contributed by atoms with E-state index >= 15 is 0 Å². The van der Waals surface area contributed by atoms with Crippen LogP contribution in [0.2, 0.25) is 0 Å². The SMILES string of the molecule is CC1CCC(CN)(NC(=O)C(C)C2CC2)CC1. The molecule has 0 aromatic rings. The lowest BCUT2D eigenvalue weighted by atomic mass is 9.77. The molecular formula is C14H26N2O. The van der Waals surface area contributed by atoms with Crippen LogP contribution in [-0.4, -0.2) is 18.0 Å². The van der Waals surface area contributed by atoms with Crippen LogP contribution in [0.1, 0.15) is 52.4 Å². The summed E-state index contributed by atoms with van der Waals surface area (Å²) in [6.45, 7) is 4.93. The molecule has 17 heavy (non-hydrogen) atoms. The highest BCUT2D eigenvalue weighted by Crippen LogP contribution is 2.37. The predicted molar refractivity (Wildman–Crippen MR) is 69.4 cm³/mol. The topological polar surface area (TPSA) is 55.1 Å². The van der Waals surface area contributed by atoms with Gasteiger partial charge in [0.05, 0.1) is 5.54 Å². The average molecular weight is 238 g/mol. The molecule has 0 aromatic heterocycles. The number of carbonyl (C=O) groups is 1. The summed E-state index contributed by atoms with van der Waals surface area (Å²) in [4.78, 5) is 12.2. The van der Waals surface area contributed by atoms with Gasteiger partial charge in [-0.3, -0.25) is 4.79 Å². The van der Waals surface area contributed by atoms with E-state index in [0.29, 0.717) is 12.5 Å². The highest BCUT2D eigenvalue weighted by atomic mass is 16.2. The predicted octanol–water partition coefficient (Wildman–Crippen LogP) is 2.06. The molecule has 0 heterocycles. The van der Waals surface area contributed by atoms with Gasteiger partial charge in [0.25, 0.3) is 0 Å². The molecule has 1 amide bonds. The Kier molecular flexibility index (Phi) is 3.76. The van der Waals surface area contributed by atoms with Crippen LogP contribution in [0.3, 0.4) is 0 Å². The standard InChI is InChI=1S/C14H26N2O/c1-10-5-7-14(9-15,8-6-10)16-13(17)11(2)12-3-4-12/h10-12H,3-9,15H2,1-2H3,(H,16,17). The van der Waals surface area contributed by atoms with E-state index in [4.69, 9.17) is 5.73 Å². The molecule has 0 spiro atoms. The number of hydrogen-bond donors (Lipinski definition) is 2. The van der Waals surface area contributed by atoms with Crippen molar-refractivity contribution in [3.8, 4) is 0 Å². The van der Waals surface area contributed by atoms with Gasteiger partial charge in [-0.2, -0.15) is 0 Å². The van der Waals surface area contributed by atoms with Gasteiger partial charge < -0.3 is 11.1 Å². The van der Waals surface area contributed by atoms with Gasteiger partial charge in [-0.15, -0.1) is 0 Å². The molecule has 0 bridgehead atoms. The van der Waals surface area contributed by atoms with Crippen molar-refractivity contribution in [1.82, 2.24) is 5.32 Å². The Hall–Kier alpha value is -0.570. The van der Waals surface area contributed by atoms with Crippen LogP contribution in [0.5, 0.6) is 0 Å². The maximum atomic E-state index is 12.2. The first-order valence-electron chi connectivity index (χ1n) is 7.08. The first-order chi connectivity index (χ1) is 8.06. The van der Waals surface area contributed by atoms with E-state index in [9.17, 15) is 4.79 Å². The number of nitrogens with one attached hydrogen (secondary N) is 1. The molecule has 2 rings (SSSR count). The summed E-state index contributed by atoms with van der Waals surface area (Å²) in [5, 5.41) is 3.26. The van der Waals surface area contributed by atoms with Gasteiger partial charge in [-0.25, -0.2) is 0 Å². The Labute approximate surface area is 105 Å². The summed E-state index contributed by atoms with van der Waals surface area (Å²) in [6, 6.07) is 0. The maximum absolute atomic E-state index is 12.2. The summed E-state index contributed by atoms with van der Waals surface area (Å²) < 4.78 is 0. The van der Waals surface area contributed by atoms with Crippen molar-refractivity contribution in [3.05, 3.63) is 0 Å². The quantitative estimate of drug-likeness (QED) is 0.787. The van der Waals surface area contributed by atoms with Crippen LogP contribution < -0.4 is 11.1 Å². The lowest BCUT2D eigenvalue weighted by Crippen LogP contribution is -2.56. The molecule has 2 saturated carbocycles. The third kappa shape index (κ3) is 3.01. The summed E-state index contributed by atoms with van der Waals surface area (Å²) in [5.74, 6) is 1.82. The number of rotatable bonds is 4. The first-order valence-corrected chi connectivity index (χ1v) is 7.08. The molecule has 3 heteroatoms. The van der Waals surface area contributed by atoms with Gasteiger partial charge in [0.2, 0.25) is 5.91 Å². The van der Waals surface area contributed by atoms with Gasteiger partial charge in [0.15, 0.2) is 0 Å². The fraction of sp³-hybridized carbons (Fsp3) is 0.929. The van der Waals surface area contributed by atoms with Crippen LogP contribution in [0.4, 0.5) is 0 Å². The zero-order valence-electron chi connectivity index (χ0n) is 11.2. The number of amides is 1. The largest absolute Gasteiger partial charge is 0.349 e. The maximum Gasteiger partial charge on any atom is 0.223 e. The van der Waals surface area contributed by atoms with E-state index in [2.05, 4.69) is 19.2 Å². The third-order valence-electron chi connectivity index (χ3n) is 4.75. The second-order valence-corrected chi connectivity index (χ2v) is 6.28. The molecule has 0 aromatic carbocycles. The van der Waals surface area contributed by atoms with E-state index in [1.165, 1.54) is 25.7 Å².